The Morgan fingerprint density at radius 1 is 0.744 bits per heavy atom. The van der Waals surface area contributed by atoms with Gasteiger partial charge in [0, 0.05) is 12.6 Å². The molecule has 1 aliphatic carbocycles. The van der Waals surface area contributed by atoms with Crippen molar-refractivity contribution in [3.05, 3.63) is 35.9 Å². The van der Waals surface area contributed by atoms with E-state index in [-0.39, 0.29) is 25.0 Å². The predicted molar refractivity (Wildman–Crippen MR) is 161 cm³/mol. The highest BCUT2D eigenvalue weighted by molar-refractivity contribution is 5.89. The molecule has 1 saturated carbocycles. The number of hydrogen-bond donors (Lipinski definition) is 0. The fraction of sp³-hybridized carbons (Fsp3) is 0.576. The topological polar surface area (TPSA) is 102 Å². The van der Waals surface area contributed by atoms with Crippen molar-refractivity contribution in [3.8, 4) is 34.5 Å². The lowest BCUT2D eigenvalue weighted by Gasteiger charge is -2.39. The van der Waals surface area contributed by atoms with Crippen molar-refractivity contribution in [2.24, 2.45) is 5.92 Å². The molecule has 1 aliphatic heterocycles. The van der Waals surface area contributed by atoms with Crippen LogP contribution in [0.4, 0.5) is 0 Å². The van der Waals surface area contributed by atoms with E-state index in [1.807, 2.05) is 12.1 Å². The normalized spacial score (nSPS) is 17.9. The number of methoxy groups -OCH3 is 5. The van der Waals surface area contributed by atoms with Gasteiger partial charge in [0.15, 0.2) is 23.0 Å². The van der Waals surface area contributed by atoms with Gasteiger partial charge in [-0.2, -0.15) is 0 Å². The van der Waals surface area contributed by atoms with Gasteiger partial charge in [-0.1, -0.05) is 19.3 Å². The minimum absolute atomic E-state index is 0.0515. The lowest BCUT2D eigenvalue weighted by Crippen LogP contribution is -2.51. The quantitative estimate of drug-likeness (QED) is 0.221. The fourth-order valence-electron chi connectivity index (χ4n) is 6.29. The largest absolute Gasteiger partial charge is 0.493 e. The van der Waals surface area contributed by atoms with Gasteiger partial charge < -0.3 is 38.1 Å². The Morgan fingerprint density at radius 3 is 2.02 bits per heavy atom. The van der Waals surface area contributed by atoms with Crippen LogP contribution in [0.1, 0.15) is 62.8 Å². The molecule has 10 nitrogen and oxygen atoms in total. The van der Waals surface area contributed by atoms with Crippen molar-refractivity contribution < 1.29 is 42.7 Å². The highest BCUT2D eigenvalue weighted by atomic mass is 16.6. The first-order chi connectivity index (χ1) is 20.9. The van der Waals surface area contributed by atoms with Crippen molar-refractivity contribution >= 4 is 11.9 Å². The molecule has 10 heteroatoms. The summed E-state index contributed by atoms with van der Waals surface area (Å²) in [5.41, 5.74) is 0.812. The Bertz CT molecular complexity index is 1200. The van der Waals surface area contributed by atoms with Gasteiger partial charge >= 0.3 is 5.97 Å². The molecule has 2 fully saturated rings. The Morgan fingerprint density at radius 2 is 1.40 bits per heavy atom. The van der Waals surface area contributed by atoms with Crippen LogP contribution in [0.15, 0.2) is 30.3 Å². The molecule has 0 spiro atoms. The Balaban J connectivity index is 1.49. The highest BCUT2D eigenvalue weighted by Gasteiger charge is 2.40. The minimum Gasteiger partial charge on any atom is -0.493 e. The van der Waals surface area contributed by atoms with Crippen LogP contribution in [0, 0.1) is 5.92 Å². The molecular weight excluding hydrogens is 554 g/mol. The molecule has 1 heterocycles. The molecule has 0 aromatic heterocycles. The lowest BCUT2D eigenvalue weighted by molar-refractivity contribution is -0.158. The van der Waals surface area contributed by atoms with Gasteiger partial charge in [0.25, 0.3) is 0 Å². The molecule has 4 rings (SSSR count). The first-order valence-corrected chi connectivity index (χ1v) is 15.1. The van der Waals surface area contributed by atoms with E-state index in [2.05, 4.69) is 0 Å². The second kappa shape index (κ2) is 15.6. The molecule has 2 unspecified atom stereocenters. The van der Waals surface area contributed by atoms with E-state index in [4.69, 9.17) is 33.2 Å². The zero-order valence-corrected chi connectivity index (χ0v) is 26.0. The van der Waals surface area contributed by atoms with E-state index in [9.17, 15) is 9.59 Å². The molecular formula is C33H45NO9. The third-order valence-electron chi connectivity index (χ3n) is 8.44. The molecule has 0 radical (unpaired) electrons. The van der Waals surface area contributed by atoms with E-state index >= 15 is 0 Å². The van der Waals surface area contributed by atoms with Crippen LogP contribution in [-0.2, 0) is 14.3 Å². The minimum atomic E-state index is -0.643. The summed E-state index contributed by atoms with van der Waals surface area (Å²) in [6, 6.07) is 8.34. The van der Waals surface area contributed by atoms with Crippen LogP contribution in [0.5, 0.6) is 34.5 Å². The fourth-order valence-corrected chi connectivity index (χ4v) is 6.29. The summed E-state index contributed by atoms with van der Waals surface area (Å²) in [7, 11) is 7.83. The van der Waals surface area contributed by atoms with Crippen LogP contribution in [-0.4, -0.2) is 78.1 Å². The van der Waals surface area contributed by atoms with Gasteiger partial charge in [-0.25, -0.2) is 4.79 Å². The maximum atomic E-state index is 14.5. The van der Waals surface area contributed by atoms with Crippen molar-refractivity contribution in [1.29, 1.82) is 0 Å². The monoisotopic (exact) mass is 599 g/mol. The van der Waals surface area contributed by atoms with Crippen LogP contribution in [0.2, 0.25) is 0 Å². The average Bonchev–Trinajstić information content (AvgIpc) is 3.06. The molecule has 1 amide bonds. The number of rotatable bonds is 13. The van der Waals surface area contributed by atoms with Crippen LogP contribution in [0.25, 0.3) is 0 Å². The van der Waals surface area contributed by atoms with E-state index in [0.29, 0.717) is 47.5 Å². The van der Waals surface area contributed by atoms with Gasteiger partial charge in [0.05, 0.1) is 41.5 Å². The van der Waals surface area contributed by atoms with E-state index in [1.165, 1.54) is 0 Å². The molecule has 236 valence electrons. The Hall–Kier alpha value is -3.82. The van der Waals surface area contributed by atoms with Crippen molar-refractivity contribution in [1.82, 2.24) is 4.90 Å². The summed E-state index contributed by atoms with van der Waals surface area (Å²) in [6.07, 6.45) is 7.46. The predicted octanol–water partition coefficient (Wildman–Crippen LogP) is 5.40. The zero-order chi connectivity index (χ0) is 30.8. The second-order valence-electron chi connectivity index (χ2n) is 10.9. The molecule has 2 aromatic carbocycles. The van der Waals surface area contributed by atoms with Crippen LogP contribution in [0.3, 0.4) is 0 Å². The maximum Gasteiger partial charge on any atom is 0.328 e. The third kappa shape index (κ3) is 7.58. The van der Waals surface area contributed by atoms with Gasteiger partial charge in [0.1, 0.15) is 25.0 Å². The molecule has 0 bridgehead atoms. The Labute approximate surface area is 254 Å². The summed E-state index contributed by atoms with van der Waals surface area (Å²) in [5.74, 6) is 2.48. The van der Waals surface area contributed by atoms with Gasteiger partial charge in [-0.15, -0.1) is 0 Å². The van der Waals surface area contributed by atoms with Crippen molar-refractivity contribution in [3.63, 3.8) is 0 Å². The van der Waals surface area contributed by atoms with Gasteiger partial charge in [-0.05, 0) is 67.9 Å². The molecule has 43 heavy (non-hydrogen) atoms. The maximum absolute atomic E-state index is 14.5. The number of amides is 1. The number of piperidine rings is 1. The number of nitrogens with zero attached hydrogens (tertiary/aromatic N) is 1. The van der Waals surface area contributed by atoms with Crippen molar-refractivity contribution in [2.75, 3.05) is 55.3 Å². The summed E-state index contributed by atoms with van der Waals surface area (Å²) in [5, 5.41) is 0. The summed E-state index contributed by atoms with van der Waals surface area (Å²) < 4.78 is 38.8. The first-order valence-electron chi connectivity index (χ1n) is 15.1. The summed E-state index contributed by atoms with van der Waals surface area (Å²) in [6.45, 7) is 0.733. The molecule has 0 N–H and O–H groups in total. The molecule has 2 aromatic rings. The molecule has 1 saturated heterocycles. The number of esters is 1. The lowest BCUT2D eigenvalue weighted by atomic mass is 9.75. The van der Waals surface area contributed by atoms with Crippen molar-refractivity contribution in [2.45, 2.75) is 63.3 Å². The zero-order valence-electron chi connectivity index (χ0n) is 26.0. The Kier molecular flexibility index (Phi) is 11.6. The van der Waals surface area contributed by atoms with Crippen LogP contribution < -0.4 is 28.4 Å². The molecule has 2 atom stereocenters. The summed E-state index contributed by atoms with van der Waals surface area (Å²) in [4.78, 5) is 29.6. The third-order valence-corrected chi connectivity index (χ3v) is 8.44. The van der Waals surface area contributed by atoms with E-state index in [0.717, 1.165) is 50.5 Å². The van der Waals surface area contributed by atoms with Gasteiger partial charge in [0.2, 0.25) is 11.7 Å². The standard InChI is InChI=1S/C33H45NO9/c1-37-26-15-14-24(21-27(26)38-2)42-17-18-43-33(36)25-13-9-10-16-34(25)32(35)30(22-11-7-6-8-12-22)23-19-28(39-3)31(41-5)29(20-23)40-4/h14-15,19-22,25,30H,6-13,16-18H2,1-5H3. The van der Waals surface area contributed by atoms with Crippen LogP contribution >= 0.6 is 0 Å². The van der Waals surface area contributed by atoms with E-state index in [1.54, 1.807) is 58.6 Å². The average molecular weight is 600 g/mol. The number of carbonyl (C=O) groups excluding carboxylic acids is 2. The SMILES string of the molecule is COc1ccc(OCCOC(=O)C2CCCCN2C(=O)C(c2cc(OC)c(OC)c(OC)c2)C2CCCCC2)cc1OC. The number of ether oxygens (including phenoxy) is 7. The smallest absolute Gasteiger partial charge is 0.328 e. The van der Waals surface area contributed by atoms with E-state index < -0.39 is 17.9 Å². The summed E-state index contributed by atoms with van der Waals surface area (Å²) >= 11 is 0. The number of likely N-dealkylation sites (tertiary alicyclic amines) is 1. The second-order valence-corrected chi connectivity index (χ2v) is 10.9. The number of hydrogen-bond acceptors (Lipinski definition) is 9. The first kappa shape index (κ1) is 32.1. The number of benzene rings is 2. The molecule has 2 aliphatic rings. The number of carbonyl (C=O) groups is 2. The van der Waals surface area contributed by atoms with Gasteiger partial charge in [-0.3, -0.25) is 4.79 Å². The highest BCUT2D eigenvalue weighted by Crippen LogP contribution is 2.45.